The smallest absolute Gasteiger partial charge is 0.251 e. The van der Waals surface area contributed by atoms with Crippen molar-refractivity contribution in [1.29, 1.82) is 0 Å². The molecule has 1 amide bonds. The molecule has 15 heavy (non-hydrogen) atoms. The zero-order valence-corrected chi connectivity index (χ0v) is 11.2. The third-order valence-electron chi connectivity index (χ3n) is 2.09. The molecule has 0 aliphatic rings. The molecule has 0 aliphatic carbocycles. The van der Waals surface area contributed by atoms with E-state index >= 15 is 0 Å². The molecule has 0 saturated carbocycles. The summed E-state index contributed by atoms with van der Waals surface area (Å²) in [4.78, 5) is 11.7. The molecule has 0 unspecified atom stereocenters. The molecule has 0 aromatic heterocycles. The molecule has 0 spiro atoms. The van der Waals surface area contributed by atoms with Gasteiger partial charge in [0.25, 0.3) is 5.91 Å². The summed E-state index contributed by atoms with van der Waals surface area (Å²) in [6, 6.07) is 7.61. The average Bonchev–Trinajstić information content (AvgIpc) is 2.17. The maximum Gasteiger partial charge on any atom is 0.251 e. The maximum atomic E-state index is 11.7. The van der Waals surface area contributed by atoms with Crippen molar-refractivity contribution in [3.63, 3.8) is 0 Å². The molecule has 0 aliphatic heterocycles. The fourth-order valence-corrected chi connectivity index (χ4v) is 1.75. The summed E-state index contributed by atoms with van der Waals surface area (Å²) >= 11 is 2.21. The molecule has 1 N–H and O–H groups in total. The topological polar surface area (TPSA) is 29.1 Å². The van der Waals surface area contributed by atoms with E-state index in [0.29, 0.717) is 5.92 Å². The van der Waals surface area contributed by atoms with Crippen LogP contribution in [0, 0.1) is 9.49 Å². The Bertz CT molecular complexity index is 336. The summed E-state index contributed by atoms with van der Waals surface area (Å²) in [5.41, 5.74) is 0.741. The van der Waals surface area contributed by atoms with Gasteiger partial charge in [0.1, 0.15) is 0 Å². The van der Waals surface area contributed by atoms with E-state index in [0.717, 1.165) is 22.1 Å². The van der Waals surface area contributed by atoms with Crippen molar-refractivity contribution in [2.24, 2.45) is 5.92 Å². The number of benzene rings is 1. The molecule has 3 heteroatoms. The van der Waals surface area contributed by atoms with Gasteiger partial charge in [-0.1, -0.05) is 19.9 Å². The van der Waals surface area contributed by atoms with E-state index in [1.54, 1.807) is 0 Å². The summed E-state index contributed by atoms with van der Waals surface area (Å²) < 4.78 is 1.09. The fourth-order valence-electron chi connectivity index (χ4n) is 1.21. The predicted octanol–water partition coefficient (Wildman–Crippen LogP) is 3.07. The van der Waals surface area contributed by atoms with Gasteiger partial charge >= 0.3 is 0 Å². The molecule has 1 aromatic rings. The number of hydrogen-bond donors (Lipinski definition) is 1. The van der Waals surface area contributed by atoms with E-state index in [2.05, 4.69) is 41.8 Å². The van der Waals surface area contributed by atoms with Gasteiger partial charge in [-0.15, -0.1) is 0 Å². The van der Waals surface area contributed by atoms with Crippen LogP contribution in [0.5, 0.6) is 0 Å². The normalized spacial score (nSPS) is 10.4. The number of carbonyl (C=O) groups excluding carboxylic acids is 1. The Hall–Kier alpha value is -0.580. The summed E-state index contributed by atoms with van der Waals surface area (Å²) in [7, 11) is 0. The Balaban J connectivity index is 2.47. The summed E-state index contributed by atoms with van der Waals surface area (Å²) in [5, 5.41) is 2.92. The molecular formula is C12H16INO. The van der Waals surface area contributed by atoms with Crippen LogP contribution in [0.2, 0.25) is 0 Å². The zero-order valence-electron chi connectivity index (χ0n) is 9.09. The molecule has 0 radical (unpaired) electrons. The van der Waals surface area contributed by atoms with Crippen LogP contribution in [-0.4, -0.2) is 12.5 Å². The summed E-state index contributed by atoms with van der Waals surface area (Å²) in [6.45, 7) is 5.05. The number of rotatable bonds is 4. The fraction of sp³-hybridized carbons (Fsp3) is 0.417. The SMILES string of the molecule is CC(C)CCNC(=O)c1cccc(I)c1. The molecule has 1 rings (SSSR count). The third kappa shape index (κ3) is 4.64. The Kier molecular flexibility index (Phi) is 5.08. The van der Waals surface area contributed by atoms with Crippen molar-refractivity contribution in [3.05, 3.63) is 33.4 Å². The van der Waals surface area contributed by atoms with Crippen molar-refractivity contribution in [2.45, 2.75) is 20.3 Å². The lowest BCUT2D eigenvalue weighted by atomic mass is 10.1. The minimum absolute atomic E-state index is 0.0224. The Morgan fingerprint density at radius 1 is 1.47 bits per heavy atom. The van der Waals surface area contributed by atoms with Gasteiger partial charge in [-0.25, -0.2) is 0 Å². The monoisotopic (exact) mass is 317 g/mol. The van der Waals surface area contributed by atoms with Crippen molar-refractivity contribution in [3.8, 4) is 0 Å². The largest absolute Gasteiger partial charge is 0.352 e. The lowest BCUT2D eigenvalue weighted by Crippen LogP contribution is -2.25. The third-order valence-corrected chi connectivity index (χ3v) is 2.77. The average molecular weight is 317 g/mol. The quantitative estimate of drug-likeness (QED) is 0.850. The molecule has 82 valence electrons. The molecule has 0 fully saturated rings. The number of halogens is 1. The summed E-state index contributed by atoms with van der Waals surface area (Å²) in [5.74, 6) is 0.648. The van der Waals surface area contributed by atoms with Gasteiger partial charge in [0.2, 0.25) is 0 Å². The van der Waals surface area contributed by atoms with Gasteiger partial charge < -0.3 is 5.32 Å². The highest BCUT2D eigenvalue weighted by Crippen LogP contribution is 2.07. The van der Waals surface area contributed by atoms with Gasteiger partial charge in [-0.2, -0.15) is 0 Å². The first kappa shape index (κ1) is 12.5. The number of carbonyl (C=O) groups is 1. The van der Waals surface area contributed by atoms with Crippen LogP contribution >= 0.6 is 22.6 Å². The highest BCUT2D eigenvalue weighted by molar-refractivity contribution is 14.1. The second-order valence-corrected chi connectivity index (χ2v) is 5.19. The Morgan fingerprint density at radius 3 is 2.80 bits per heavy atom. The maximum absolute atomic E-state index is 11.7. The number of amides is 1. The molecule has 0 atom stereocenters. The minimum Gasteiger partial charge on any atom is -0.352 e. The second-order valence-electron chi connectivity index (χ2n) is 3.95. The van der Waals surface area contributed by atoms with Crippen LogP contribution in [0.15, 0.2) is 24.3 Å². The van der Waals surface area contributed by atoms with Gasteiger partial charge in [0, 0.05) is 15.7 Å². The molecular weight excluding hydrogens is 301 g/mol. The van der Waals surface area contributed by atoms with E-state index in [1.165, 1.54) is 0 Å². The zero-order chi connectivity index (χ0) is 11.3. The van der Waals surface area contributed by atoms with Crippen molar-refractivity contribution >= 4 is 28.5 Å². The van der Waals surface area contributed by atoms with E-state index in [-0.39, 0.29) is 5.91 Å². The first-order valence-electron chi connectivity index (χ1n) is 5.13. The predicted molar refractivity (Wildman–Crippen MR) is 70.9 cm³/mol. The van der Waals surface area contributed by atoms with Crippen LogP contribution in [0.1, 0.15) is 30.6 Å². The molecule has 2 nitrogen and oxygen atoms in total. The molecule has 1 aromatic carbocycles. The van der Waals surface area contributed by atoms with Crippen molar-refractivity contribution in [2.75, 3.05) is 6.54 Å². The Morgan fingerprint density at radius 2 is 2.20 bits per heavy atom. The van der Waals surface area contributed by atoms with Crippen LogP contribution in [0.25, 0.3) is 0 Å². The van der Waals surface area contributed by atoms with Crippen LogP contribution in [0.4, 0.5) is 0 Å². The highest BCUT2D eigenvalue weighted by Gasteiger charge is 2.04. The second kappa shape index (κ2) is 6.10. The van der Waals surface area contributed by atoms with Crippen LogP contribution in [-0.2, 0) is 0 Å². The Labute approximate surface area is 105 Å². The van der Waals surface area contributed by atoms with Crippen molar-refractivity contribution < 1.29 is 4.79 Å². The number of hydrogen-bond acceptors (Lipinski definition) is 1. The first-order valence-corrected chi connectivity index (χ1v) is 6.21. The van der Waals surface area contributed by atoms with Gasteiger partial charge in [-0.05, 0) is 53.1 Å². The van der Waals surface area contributed by atoms with E-state index in [4.69, 9.17) is 0 Å². The van der Waals surface area contributed by atoms with Gasteiger partial charge in [0.15, 0.2) is 0 Å². The lowest BCUT2D eigenvalue weighted by Gasteiger charge is -2.07. The minimum atomic E-state index is 0.0224. The number of nitrogens with one attached hydrogen (secondary N) is 1. The van der Waals surface area contributed by atoms with Gasteiger partial charge in [0.05, 0.1) is 0 Å². The van der Waals surface area contributed by atoms with Crippen LogP contribution < -0.4 is 5.32 Å². The van der Waals surface area contributed by atoms with Crippen LogP contribution in [0.3, 0.4) is 0 Å². The molecule has 0 saturated heterocycles. The first-order chi connectivity index (χ1) is 7.09. The standard InChI is InChI=1S/C12H16INO/c1-9(2)6-7-14-12(15)10-4-3-5-11(13)8-10/h3-5,8-9H,6-7H2,1-2H3,(H,14,15). The summed E-state index contributed by atoms with van der Waals surface area (Å²) in [6.07, 6.45) is 1.02. The van der Waals surface area contributed by atoms with E-state index < -0.39 is 0 Å². The van der Waals surface area contributed by atoms with E-state index in [1.807, 2.05) is 24.3 Å². The molecule has 0 heterocycles. The lowest BCUT2D eigenvalue weighted by molar-refractivity contribution is 0.0952. The van der Waals surface area contributed by atoms with Crippen molar-refractivity contribution in [1.82, 2.24) is 5.32 Å². The van der Waals surface area contributed by atoms with Gasteiger partial charge in [-0.3, -0.25) is 4.79 Å². The highest BCUT2D eigenvalue weighted by atomic mass is 127. The van der Waals surface area contributed by atoms with E-state index in [9.17, 15) is 4.79 Å². The molecule has 0 bridgehead atoms.